The van der Waals surface area contributed by atoms with E-state index in [1.807, 2.05) is 0 Å². The molecule has 1 N–H and O–H groups in total. The van der Waals surface area contributed by atoms with Crippen molar-refractivity contribution in [1.29, 1.82) is 0 Å². The number of nitrogens with one attached hydrogen (secondary N) is 1. The van der Waals surface area contributed by atoms with Crippen LogP contribution in [0, 0.1) is 0 Å². The minimum Gasteiger partial charge on any atom is -0.466 e. The van der Waals surface area contributed by atoms with Gasteiger partial charge in [-0.2, -0.15) is 0 Å². The fourth-order valence-electron chi connectivity index (χ4n) is 1.09. The zero-order valence-electron chi connectivity index (χ0n) is 9.62. The fraction of sp³-hybridized carbons (Fsp3) is 0.182. The van der Waals surface area contributed by atoms with Gasteiger partial charge in [0.1, 0.15) is 0 Å². The number of benzene rings is 1. The third kappa shape index (κ3) is 5.64. The zero-order valence-corrected chi connectivity index (χ0v) is 11.2. The number of methoxy groups -OCH3 is 1. The van der Waals surface area contributed by atoms with Crippen molar-refractivity contribution < 1.29 is 27.4 Å². The second-order valence-electron chi connectivity index (χ2n) is 3.19. The Kier molecular flexibility index (Phi) is 5.22. The molecule has 0 fully saturated rings. The molecule has 0 atom stereocenters. The van der Waals surface area contributed by atoms with Gasteiger partial charge in [0, 0.05) is 16.7 Å². The SMILES string of the molecule is COC(=O)/C=C/Nc1ccc(Br)cc1OC(F)(F)F. The topological polar surface area (TPSA) is 47.6 Å². The minimum absolute atomic E-state index is 0.0562. The Hall–Kier alpha value is -1.70. The Morgan fingerprint density at radius 2 is 2.11 bits per heavy atom. The molecule has 1 aromatic carbocycles. The largest absolute Gasteiger partial charge is 0.573 e. The molecule has 4 nitrogen and oxygen atoms in total. The molecule has 1 rings (SSSR count). The molecule has 0 radical (unpaired) electrons. The molecule has 0 aliphatic rings. The molecule has 0 bridgehead atoms. The summed E-state index contributed by atoms with van der Waals surface area (Å²) in [5.74, 6) is -1.06. The molecule has 0 unspecified atom stereocenters. The first kappa shape index (κ1) is 15.4. The van der Waals surface area contributed by atoms with E-state index in [1.165, 1.54) is 19.2 Å². The number of anilines is 1. The highest BCUT2D eigenvalue weighted by atomic mass is 79.9. The van der Waals surface area contributed by atoms with E-state index in [0.29, 0.717) is 4.47 Å². The van der Waals surface area contributed by atoms with Crippen LogP contribution in [-0.2, 0) is 9.53 Å². The zero-order chi connectivity index (χ0) is 14.5. The normalized spacial score (nSPS) is 11.4. The minimum atomic E-state index is -4.80. The van der Waals surface area contributed by atoms with Gasteiger partial charge in [0.15, 0.2) is 5.75 Å². The van der Waals surface area contributed by atoms with E-state index in [-0.39, 0.29) is 5.69 Å². The van der Waals surface area contributed by atoms with E-state index >= 15 is 0 Å². The first-order valence-corrected chi connectivity index (χ1v) is 5.67. The van der Waals surface area contributed by atoms with Crippen molar-refractivity contribution in [3.8, 4) is 5.75 Å². The van der Waals surface area contributed by atoms with Crippen LogP contribution in [0.4, 0.5) is 18.9 Å². The van der Waals surface area contributed by atoms with Crippen molar-refractivity contribution in [2.45, 2.75) is 6.36 Å². The Morgan fingerprint density at radius 3 is 2.68 bits per heavy atom. The van der Waals surface area contributed by atoms with E-state index in [4.69, 9.17) is 0 Å². The molecule has 0 aliphatic heterocycles. The van der Waals surface area contributed by atoms with E-state index in [2.05, 4.69) is 30.7 Å². The van der Waals surface area contributed by atoms with Gasteiger partial charge in [-0.15, -0.1) is 13.2 Å². The number of halogens is 4. The van der Waals surface area contributed by atoms with Gasteiger partial charge in [-0.3, -0.25) is 0 Å². The lowest BCUT2D eigenvalue weighted by molar-refractivity contribution is -0.274. The highest BCUT2D eigenvalue weighted by molar-refractivity contribution is 9.10. The molecule has 104 valence electrons. The second-order valence-corrected chi connectivity index (χ2v) is 4.10. The Bertz CT molecular complexity index is 489. The van der Waals surface area contributed by atoms with Crippen LogP contribution < -0.4 is 10.1 Å². The maximum atomic E-state index is 12.2. The van der Waals surface area contributed by atoms with E-state index in [1.54, 1.807) is 0 Å². The lowest BCUT2D eigenvalue weighted by atomic mass is 10.3. The molecule has 0 aliphatic carbocycles. The van der Waals surface area contributed by atoms with Crippen molar-refractivity contribution in [2.75, 3.05) is 12.4 Å². The molecule has 1 aromatic rings. The molecule has 19 heavy (non-hydrogen) atoms. The third-order valence-electron chi connectivity index (χ3n) is 1.83. The second kappa shape index (κ2) is 6.46. The maximum Gasteiger partial charge on any atom is 0.573 e. The van der Waals surface area contributed by atoms with Crippen LogP contribution in [0.5, 0.6) is 5.75 Å². The number of alkyl halides is 3. The summed E-state index contributed by atoms with van der Waals surface area (Å²) in [7, 11) is 1.19. The third-order valence-corrected chi connectivity index (χ3v) is 2.32. The van der Waals surface area contributed by atoms with Crippen LogP contribution in [0.1, 0.15) is 0 Å². The average Bonchev–Trinajstić information content (AvgIpc) is 2.29. The average molecular weight is 340 g/mol. The highest BCUT2D eigenvalue weighted by Gasteiger charge is 2.32. The molecular weight excluding hydrogens is 331 g/mol. The van der Waals surface area contributed by atoms with Gasteiger partial charge in [0.2, 0.25) is 0 Å². The molecule has 0 saturated heterocycles. The molecule has 0 amide bonds. The quantitative estimate of drug-likeness (QED) is 0.674. The monoisotopic (exact) mass is 339 g/mol. The number of esters is 1. The predicted molar refractivity (Wildman–Crippen MR) is 65.6 cm³/mol. The molecule has 0 saturated carbocycles. The number of ether oxygens (including phenoxy) is 2. The number of carbonyl (C=O) groups excluding carboxylic acids is 1. The lowest BCUT2D eigenvalue weighted by Gasteiger charge is -2.13. The molecule has 0 heterocycles. The summed E-state index contributed by atoms with van der Waals surface area (Å²) in [4.78, 5) is 10.8. The number of carbonyl (C=O) groups is 1. The van der Waals surface area contributed by atoms with Crippen molar-refractivity contribution in [2.24, 2.45) is 0 Å². The van der Waals surface area contributed by atoms with Gasteiger partial charge in [-0.1, -0.05) is 15.9 Å². The van der Waals surface area contributed by atoms with Gasteiger partial charge >= 0.3 is 12.3 Å². The highest BCUT2D eigenvalue weighted by Crippen LogP contribution is 2.32. The summed E-state index contributed by atoms with van der Waals surface area (Å²) in [5.41, 5.74) is 0.0562. The van der Waals surface area contributed by atoms with E-state index in [0.717, 1.165) is 18.3 Å². The smallest absolute Gasteiger partial charge is 0.466 e. The van der Waals surface area contributed by atoms with Gasteiger partial charge in [-0.05, 0) is 18.2 Å². The molecule has 0 aromatic heterocycles. The summed E-state index contributed by atoms with van der Waals surface area (Å²) in [6.45, 7) is 0. The van der Waals surface area contributed by atoms with Crippen molar-refractivity contribution in [3.63, 3.8) is 0 Å². The first-order chi connectivity index (χ1) is 8.81. The predicted octanol–water partition coefficient (Wildman–Crippen LogP) is 3.45. The van der Waals surface area contributed by atoms with Crippen LogP contribution in [0.25, 0.3) is 0 Å². The number of rotatable bonds is 4. The van der Waals surface area contributed by atoms with E-state index in [9.17, 15) is 18.0 Å². The standard InChI is InChI=1S/C11H9BrF3NO3/c1-18-10(17)4-5-16-8-3-2-7(12)6-9(8)19-11(13,14)15/h2-6,16H,1H3/b5-4+. The van der Waals surface area contributed by atoms with Gasteiger partial charge in [0.25, 0.3) is 0 Å². The van der Waals surface area contributed by atoms with Gasteiger partial charge in [-0.25, -0.2) is 4.79 Å². The van der Waals surface area contributed by atoms with Crippen molar-refractivity contribution >= 4 is 27.6 Å². The van der Waals surface area contributed by atoms with Crippen molar-refractivity contribution in [3.05, 3.63) is 34.9 Å². The van der Waals surface area contributed by atoms with Crippen LogP contribution in [0.3, 0.4) is 0 Å². The lowest BCUT2D eigenvalue weighted by Crippen LogP contribution is -2.17. The van der Waals surface area contributed by atoms with Crippen LogP contribution >= 0.6 is 15.9 Å². The van der Waals surface area contributed by atoms with Crippen LogP contribution in [0.2, 0.25) is 0 Å². The fourth-order valence-corrected chi connectivity index (χ4v) is 1.43. The van der Waals surface area contributed by atoms with Crippen LogP contribution in [0.15, 0.2) is 34.9 Å². The Labute approximate surface area is 115 Å². The maximum absolute atomic E-state index is 12.2. The number of hydrogen-bond acceptors (Lipinski definition) is 4. The molecule has 0 spiro atoms. The Morgan fingerprint density at radius 1 is 1.42 bits per heavy atom. The summed E-state index contributed by atoms with van der Waals surface area (Å²) in [6, 6.07) is 4.05. The van der Waals surface area contributed by atoms with E-state index < -0.39 is 18.1 Å². The number of hydrogen-bond donors (Lipinski definition) is 1. The summed E-state index contributed by atoms with van der Waals surface area (Å²) in [6.07, 6.45) is -2.62. The summed E-state index contributed by atoms with van der Waals surface area (Å²) >= 11 is 3.04. The summed E-state index contributed by atoms with van der Waals surface area (Å²) < 4.78 is 45.2. The summed E-state index contributed by atoms with van der Waals surface area (Å²) in [5, 5.41) is 2.50. The van der Waals surface area contributed by atoms with Gasteiger partial charge in [0.05, 0.1) is 12.8 Å². The first-order valence-electron chi connectivity index (χ1n) is 4.88. The van der Waals surface area contributed by atoms with Gasteiger partial charge < -0.3 is 14.8 Å². The Balaban J connectivity index is 2.88. The molecule has 8 heteroatoms. The van der Waals surface area contributed by atoms with Crippen LogP contribution in [-0.4, -0.2) is 19.4 Å². The van der Waals surface area contributed by atoms with Crippen molar-refractivity contribution in [1.82, 2.24) is 0 Å². The molecular formula is C11H9BrF3NO3.